The minimum Gasteiger partial charge on any atom is -0.497 e. The van der Waals surface area contributed by atoms with Gasteiger partial charge in [-0.25, -0.2) is 8.78 Å². The van der Waals surface area contributed by atoms with Gasteiger partial charge in [-0.2, -0.15) is 0 Å². The number of methoxy groups -OCH3 is 1. The lowest BCUT2D eigenvalue weighted by atomic mass is 10.1. The Morgan fingerprint density at radius 3 is 2.67 bits per heavy atom. The van der Waals surface area contributed by atoms with E-state index in [4.69, 9.17) is 4.74 Å². The lowest BCUT2D eigenvalue weighted by Crippen LogP contribution is -2.37. The topological polar surface area (TPSA) is 45.7 Å². The van der Waals surface area contributed by atoms with Crippen molar-refractivity contribution in [2.75, 3.05) is 20.7 Å². The van der Waals surface area contributed by atoms with E-state index in [1.54, 1.807) is 14.2 Å². The largest absolute Gasteiger partial charge is 0.497 e. The van der Waals surface area contributed by atoms with Gasteiger partial charge >= 0.3 is 0 Å². The van der Waals surface area contributed by atoms with Crippen LogP contribution in [0.25, 0.3) is 0 Å². The van der Waals surface area contributed by atoms with Crippen LogP contribution in [-0.4, -0.2) is 26.7 Å². The van der Waals surface area contributed by atoms with E-state index in [1.165, 1.54) is 12.1 Å². The summed E-state index contributed by atoms with van der Waals surface area (Å²) < 4.78 is 31.6. The summed E-state index contributed by atoms with van der Waals surface area (Å²) in [6, 6.07) is 11.3. The quantitative estimate of drug-likeness (QED) is 0.631. The number of guanidine groups is 1. The highest BCUT2D eigenvalue weighted by molar-refractivity contribution is 5.79. The molecule has 0 amide bonds. The zero-order valence-electron chi connectivity index (χ0n) is 13.8. The first-order valence-corrected chi connectivity index (χ1v) is 7.63. The Bertz CT molecular complexity index is 704. The van der Waals surface area contributed by atoms with Gasteiger partial charge in [0.2, 0.25) is 0 Å². The second-order valence-electron chi connectivity index (χ2n) is 5.19. The summed E-state index contributed by atoms with van der Waals surface area (Å²) in [5.41, 5.74) is 1.52. The number of halogens is 2. The summed E-state index contributed by atoms with van der Waals surface area (Å²) in [5.74, 6) is 0.306. The number of nitrogens with one attached hydrogen (secondary N) is 2. The summed E-state index contributed by atoms with van der Waals surface area (Å²) in [6.07, 6.45) is 0.436. The fraction of sp³-hybridized carbons (Fsp3) is 0.278. The van der Waals surface area contributed by atoms with E-state index >= 15 is 0 Å². The molecule has 2 aromatic rings. The summed E-state index contributed by atoms with van der Waals surface area (Å²) >= 11 is 0. The van der Waals surface area contributed by atoms with Crippen LogP contribution in [0, 0.1) is 11.6 Å². The van der Waals surface area contributed by atoms with Crippen molar-refractivity contribution in [2.24, 2.45) is 4.99 Å². The zero-order valence-corrected chi connectivity index (χ0v) is 13.8. The van der Waals surface area contributed by atoms with Crippen LogP contribution in [0.1, 0.15) is 11.1 Å². The minimum absolute atomic E-state index is 0.436. The molecule has 4 nitrogen and oxygen atoms in total. The van der Waals surface area contributed by atoms with Gasteiger partial charge in [0.05, 0.1) is 7.11 Å². The highest BCUT2D eigenvalue weighted by atomic mass is 19.1. The van der Waals surface area contributed by atoms with E-state index in [-0.39, 0.29) is 0 Å². The maximum absolute atomic E-state index is 13.6. The van der Waals surface area contributed by atoms with Crippen LogP contribution in [0.3, 0.4) is 0 Å². The van der Waals surface area contributed by atoms with Gasteiger partial charge in [-0.05, 0) is 35.7 Å². The molecule has 0 fully saturated rings. The lowest BCUT2D eigenvalue weighted by molar-refractivity contribution is 0.414. The van der Waals surface area contributed by atoms with E-state index in [2.05, 4.69) is 15.6 Å². The molecule has 0 unspecified atom stereocenters. The molecule has 0 aliphatic heterocycles. The first kappa shape index (κ1) is 17.7. The van der Waals surface area contributed by atoms with Crippen LogP contribution in [0.2, 0.25) is 0 Å². The smallest absolute Gasteiger partial charge is 0.191 e. The molecule has 0 saturated heterocycles. The Balaban J connectivity index is 1.82. The average molecular weight is 333 g/mol. The van der Waals surface area contributed by atoms with Gasteiger partial charge in [-0.15, -0.1) is 0 Å². The molecule has 128 valence electrons. The highest BCUT2D eigenvalue weighted by Gasteiger charge is 2.04. The number of aliphatic imine (C=N–C) groups is 1. The van der Waals surface area contributed by atoms with Gasteiger partial charge in [-0.3, -0.25) is 4.99 Å². The Morgan fingerprint density at radius 1 is 1.12 bits per heavy atom. The number of ether oxygens (including phenoxy) is 1. The monoisotopic (exact) mass is 333 g/mol. The molecular formula is C18H21F2N3O. The fourth-order valence-corrected chi connectivity index (χ4v) is 2.23. The first-order valence-electron chi connectivity index (χ1n) is 7.63. The van der Waals surface area contributed by atoms with Crippen LogP contribution in [0.5, 0.6) is 5.75 Å². The van der Waals surface area contributed by atoms with E-state index in [0.717, 1.165) is 17.4 Å². The summed E-state index contributed by atoms with van der Waals surface area (Å²) in [6.45, 7) is 1.07. The molecule has 0 saturated carbocycles. The van der Waals surface area contributed by atoms with Crippen molar-refractivity contribution in [2.45, 2.75) is 13.0 Å². The molecule has 0 atom stereocenters. The molecule has 0 aromatic heterocycles. The van der Waals surface area contributed by atoms with E-state index in [0.29, 0.717) is 31.0 Å². The number of nitrogens with zero attached hydrogens (tertiary/aromatic N) is 1. The third-order valence-corrected chi connectivity index (χ3v) is 3.52. The number of hydrogen-bond donors (Lipinski definition) is 2. The van der Waals surface area contributed by atoms with Gasteiger partial charge in [-0.1, -0.05) is 18.2 Å². The normalized spacial score (nSPS) is 11.2. The highest BCUT2D eigenvalue weighted by Crippen LogP contribution is 2.12. The molecule has 2 aromatic carbocycles. The van der Waals surface area contributed by atoms with E-state index in [9.17, 15) is 8.78 Å². The lowest BCUT2D eigenvalue weighted by Gasteiger charge is -2.12. The summed E-state index contributed by atoms with van der Waals surface area (Å²) in [4.78, 5) is 4.12. The number of hydrogen-bond acceptors (Lipinski definition) is 2. The molecule has 0 aliphatic rings. The second kappa shape index (κ2) is 8.86. The molecule has 0 aliphatic carbocycles. The van der Waals surface area contributed by atoms with Gasteiger partial charge in [0.25, 0.3) is 0 Å². The minimum atomic E-state index is -0.569. The van der Waals surface area contributed by atoms with Crippen molar-refractivity contribution < 1.29 is 13.5 Å². The van der Waals surface area contributed by atoms with Crippen LogP contribution < -0.4 is 15.4 Å². The van der Waals surface area contributed by atoms with E-state index < -0.39 is 11.6 Å². The Kier molecular flexibility index (Phi) is 6.54. The third-order valence-electron chi connectivity index (χ3n) is 3.52. The van der Waals surface area contributed by atoms with Crippen molar-refractivity contribution in [3.63, 3.8) is 0 Å². The molecule has 24 heavy (non-hydrogen) atoms. The van der Waals surface area contributed by atoms with Gasteiger partial charge in [0.1, 0.15) is 17.4 Å². The van der Waals surface area contributed by atoms with Crippen molar-refractivity contribution in [1.29, 1.82) is 0 Å². The average Bonchev–Trinajstić information content (AvgIpc) is 2.59. The van der Waals surface area contributed by atoms with Crippen LogP contribution in [0.15, 0.2) is 47.5 Å². The molecule has 0 heterocycles. The number of rotatable bonds is 6. The Labute approximate surface area is 140 Å². The third kappa shape index (κ3) is 5.22. The molecule has 2 N–H and O–H groups in total. The predicted molar refractivity (Wildman–Crippen MR) is 91.3 cm³/mol. The zero-order chi connectivity index (χ0) is 17.4. The molecule has 6 heteroatoms. The Morgan fingerprint density at radius 2 is 1.96 bits per heavy atom. The predicted octanol–water partition coefficient (Wildman–Crippen LogP) is 2.88. The van der Waals surface area contributed by atoms with Crippen molar-refractivity contribution in [3.05, 3.63) is 65.2 Å². The van der Waals surface area contributed by atoms with Crippen LogP contribution >= 0.6 is 0 Å². The van der Waals surface area contributed by atoms with Crippen molar-refractivity contribution in [3.8, 4) is 5.75 Å². The molecule has 0 radical (unpaired) electrons. The maximum Gasteiger partial charge on any atom is 0.191 e. The van der Waals surface area contributed by atoms with Crippen LogP contribution in [-0.2, 0) is 13.0 Å². The SMILES string of the molecule is CN=C(NCCc1ccc(F)cc1F)NCc1cccc(OC)c1. The molecular weight excluding hydrogens is 312 g/mol. The van der Waals surface area contributed by atoms with Crippen molar-refractivity contribution >= 4 is 5.96 Å². The summed E-state index contributed by atoms with van der Waals surface area (Å²) in [7, 11) is 3.29. The van der Waals surface area contributed by atoms with Gasteiger partial charge in [0.15, 0.2) is 5.96 Å². The maximum atomic E-state index is 13.6. The Hall–Kier alpha value is -2.63. The van der Waals surface area contributed by atoms with Gasteiger partial charge in [0, 0.05) is 26.2 Å². The molecule has 0 spiro atoms. The fourth-order valence-electron chi connectivity index (χ4n) is 2.23. The van der Waals surface area contributed by atoms with Crippen LogP contribution in [0.4, 0.5) is 8.78 Å². The molecule has 2 rings (SSSR count). The van der Waals surface area contributed by atoms with E-state index in [1.807, 2.05) is 24.3 Å². The summed E-state index contributed by atoms with van der Waals surface area (Å²) in [5, 5.41) is 6.28. The number of benzene rings is 2. The molecule has 0 bridgehead atoms. The standard InChI is InChI=1S/C18H21F2N3O/c1-21-18(23-12-13-4-3-5-16(10-13)24-2)22-9-8-14-6-7-15(19)11-17(14)20/h3-7,10-11H,8-9,12H2,1-2H3,(H2,21,22,23). The first-order chi connectivity index (χ1) is 11.6. The van der Waals surface area contributed by atoms with Gasteiger partial charge < -0.3 is 15.4 Å². The second-order valence-corrected chi connectivity index (χ2v) is 5.19. The van der Waals surface area contributed by atoms with Crippen molar-refractivity contribution in [1.82, 2.24) is 10.6 Å².